The van der Waals surface area contributed by atoms with Crippen molar-refractivity contribution in [3.05, 3.63) is 96.2 Å². The van der Waals surface area contributed by atoms with E-state index in [9.17, 15) is 13.2 Å². The van der Waals surface area contributed by atoms with Gasteiger partial charge in [-0.2, -0.15) is 5.10 Å². The molecule has 1 amide bonds. The zero-order chi connectivity index (χ0) is 23.4. The van der Waals surface area contributed by atoms with Crippen LogP contribution in [0.2, 0.25) is 0 Å². The van der Waals surface area contributed by atoms with Crippen molar-refractivity contribution < 1.29 is 17.9 Å². The average molecular weight is 463 g/mol. The molecule has 8 nitrogen and oxygen atoms in total. The lowest BCUT2D eigenvalue weighted by molar-refractivity contribution is 0.102. The molecule has 0 saturated heterocycles. The number of rotatable bonds is 7. The second-order valence-corrected chi connectivity index (χ2v) is 8.86. The van der Waals surface area contributed by atoms with Gasteiger partial charge in [0.2, 0.25) is 10.0 Å². The molecule has 0 radical (unpaired) electrons. The highest BCUT2D eigenvalue weighted by Gasteiger charge is 2.21. The van der Waals surface area contributed by atoms with Gasteiger partial charge in [-0.05, 0) is 42.0 Å². The molecule has 0 aliphatic heterocycles. The standard InChI is InChI=1S/C24H22N4O4S/c1-32-22-10-6-5-9-20(22)23-21(16-28(27-23)15-17-7-3-2-4-8-17)24(29)26-18-11-13-19(14-12-18)33(25,30)31/h2-14,16H,15H2,1H3,(H,26,29)(H2,25,30,31). The molecule has 9 heteroatoms. The quantitative estimate of drug-likeness (QED) is 0.436. The fourth-order valence-electron chi connectivity index (χ4n) is 3.40. The van der Waals surface area contributed by atoms with Crippen LogP contribution in [-0.4, -0.2) is 31.2 Å². The molecular formula is C24H22N4O4S. The molecular weight excluding hydrogens is 440 g/mol. The Kier molecular flexibility index (Phi) is 6.25. The fourth-order valence-corrected chi connectivity index (χ4v) is 3.92. The van der Waals surface area contributed by atoms with Gasteiger partial charge in [0.15, 0.2) is 0 Å². The topological polar surface area (TPSA) is 116 Å². The molecule has 0 unspecified atom stereocenters. The van der Waals surface area contributed by atoms with Gasteiger partial charge in [0.1, 0.15) is 11.4 Å². The van der Waals surface area contributed by atoms with Crippen LogP contribution in [0, 0.1) is 0 Å². The van der Waals surface area contributed by atoms with E-state index in [2.05, 4.69) is 10.4 Å². The molecule has 4 aromatic rings. The second kappa shape index (κ2) is 9.27. The predicted molar refractivity (Wildman–Crippen MR) is 126 cm³/mol. The zero-order valence-electron chi connectivity index (χ0n) is 17.8. The Labute approximate surface area is 191 Å². The number of hydrogen-bond donors (Lipinski definition) is 2. The lowest BCUT2D eigenvalue weighted by atomic mass is 10.1. The predicted octanol–water partition coefficient (Wildman–Crippen LogP) is 3.51. The number of para-hydroxylation sites is 1. The summed E-state index contributed by atoms with van der Waals surface area (Å²) in [6, 6.07) is 22.8. The number of carbonyl (C=O) groups excluding carboxylic acids is 1. The number of benzene rings is 3. The van der Waals surface area contributed by atoms with E-state index >= 15 is 0 Å². The lowest BCUT2D eigenvalue weighted by Crippen LogP contribution is -2.14. The highest BCUT2D eigenvalue weighted by molar-refractivity contribution is 7.89. The van der Waals surface area contributed by atoms with Crippen molar-refractivity contribution in [1.82, 2.24) is 9.78 Å². The van der Waals surface area contributed by atoms with Crippen molar-refractivity contribution in [1.29, 1.82) is 0 Å². The number of amides is 1. The van der Waals surface area contributed by atoms with E-state index in [0.717, 1.165) is 5.56 Å². The monoisotopic (exact) mass is 462 g/mol. The van der Waals surface area contributed by atoms with Crippen molar-refractivity contribution in [2.24, 2.45) is 5.14 Å². The molecule has 0 aliphatic carbocycles. The fraction of sp³-hybridized carbons (Fsp3) is 0.0833. The van der Waals surface area contributed by atoms with E-state index in [1.54, 1.807) is 24.1 Å². The van der Waals surface area contributed by atoms with Gasteiger partial charge in [0, 0.05) is 17.4 Å². The summed E-state index contributed by atoms with van der Waals surface area (Å²) in [7, 11) is -2.25. The van der Waals surface area contributed by atoms with Gasteiger partial charge < -0.3 is 10.1 Å². The van der Waals surface area contributed by atoms with Crippen molar-refractivity contribution in [3.8, 4) is 17.0 Å². The molecule has 3 aromatic carbocycles. The number of primary sulfonamides is 1. The van der Waals surface area contributed by atoms with Crippen LogP contribution in [0.15, 0.2) is 90.0 Å². The highest BCUT2D eigenvalue weighted by atomic mass is 32.2. The largest absolute Gasteiger partial charge is 0.496 e. The molecule has 0 spiro atoms. The molecule has 0 atom stereocenters. The third-order valence-electron chi connectivity index (χ3n) is 5.00. The Bertz CT molecular complexity index is 1380. The molecule has 0 bridgehead atoms. The molecule has 1 heterocycles. The Morgan fingerprint density at radius 1 is 1.00 bits per heavy atom. The summed E-state index contributed by atoms with van der Waals surface area (Å²) in [6.45, 7) is 0.485. The molecule has 3 N–H and O–H groups in total. The molecule has 0 saturated carbocycles. The number of methoxy groups -OCH3 is 1. The van der Waals surface area contributed by atoms with Crippen LogP contribution in [-0.2, 0) is 16.6 Å². The van der Waals surface area contributed by atoms with Crippen LogP contribution < -0.4 is 15.2 Å². The van der Waals surface area contributed by atoms with Crippen molar-refractivity contribution in [2.75, 3.05) is 12.4 Å². The van der Waals surface area contributed by atoms with E-state index in [4.69, 9.17) is 9.88 Å². The van der Waals surface area contributed by atoms with E-state index in [1.165, 1.54) is 24.3 Å². The summed E-state index contributed by atoms with van der Waals surface area (Å²) in [5.74, 6) is 0.201. The number of aromatic nitrogens is 2. The molecule has 1 aromatic heterocycles. The SMILES string of the molecule is COc1ccccc1-c1nn(Cc2ccccc2)cc1C(=O)Nc1ccc(S(N)(=O)=O)cc1. The summed E-state index contributed by atoms with van der Waals surface area (Å²) in [5, 5.41) is 12.6. The molecule has 33 heavy (non-hydrogen) atoms. The lowest BCUT2D eigenvalue weighted by Gasteiger charge is -2.09. The maximum Gasteiger partial charge on any atom is 0.259 e. The van der Waals surface area contributed by atoms with E-state index in [1.807, 2.05) is 48.5 Å². The van der Waals surface area contributed by atoms with Gasteiger partial charge in [-0.15, -0.1) is 0 Å². The highest BCUT2D eigenvalue weighted by Crippen LogP contribution is 2.31. The number of hydrogen-bond acceptors (Lipinski definition) is 5. The van der Waals surface area contributed by atoms with Gasteiger partial charge in [-0.3, -0.25) is 9.48 Å². The van der Waals surface area contributed by atoms with Gasteiger partial charge in [-0.1, -0.05) is 42.5 Å². The molecule has 168 valence electrons. The number of nitrogens with two attached hydrogens (primary N) is 1. The molecule has 0 fully saturated rings. The molecule has 4 rings (SSSR count). The van der Waals surface area contributed by atoms with Crippen LogP contribution in [0.4, 0.5) is 5.69 Å². The first-order valence-electron chi connectivity index (χ1n) is 10.0. The van der Waals surface area contributed by atoms with Crippen molar-refractivity contribution in [2.45, 2.75) is 11.4 Å². The van der Waals surface area contributed by atoms with Gasteiger partial charge in [0.25, 0.3) is 5.91 Å². The van der Waals surface area contributed by atoms with Crippen LogP contribution in [0.3, 0.4) is 0 Å². The number of ether oxygens (including phenoxy) is 1. The van der Waals surface area contributed by atoms with Crippen molar-refractivity contribution in [3.63, 3.8) is 0 Å². The third-order valence-corrected chi connectivity index (χ3v) is 5.93. The van der Waals surface area contributed by atoms with E-state index in [0.29, 0.717) is 34.8 Å². The maximum absolute atomic E-state index is 13.2. The summed E-state index contributed by atoms with van der Waals surface area (Å²) in [6.07, 6.45) is 1.68. The zero-order valence-corrected chi connectivity index (χ0v) is 18.6. The summed E-state index contributed by atoms with van der Waals surface area (Å²) >= 11 is 0. The van der Waals surface area contributed by atoms with Crippen LogP contribution in [0.5, 0.6) is 5.75 Å². The smallest absolute Gasteiger partial charge is 0.259 e. The third kappa shape index (κ3) is 5.11. The number of carbonyl (C=O) groups is 1. The van der Waals surface area contributed by atoms with Crippen LogP contribution in [0.1, 0.15) is 15.9 Å². The summed E-state index contributed by atoms with van der Waals surface area (Å²) in [4.78, 5) is 13.2. The number of anilines is 1. The number of sulfonamides is 1. The average Bonchev–Trinajstić information content (AvgIpc) is 3.23. The minimum Gasteiger partial charge on any atom is -0.496 e. The molecule has 0 aliphatic rings. The first kappa shape index (κ1) is 22.3. The Hall–Kier alpha value is -3.95. The van der Waals surface area contributed by atoms with Crippen LogP contribution >= 0.6 is 0 Å². The minimum atomic E-state index is -3.82. The Morgan fingerprint density at radius 2 is 1.67 bits per heavy atom. The number of nitrogens with zero attached hydrogens (tertiary/aromatic N) is 2. The van der Waals surface area contributed by atoms with Gasteiger partial charge in [-0.25, -0.2) is 13.6 Å². The Balaban J connectivity index is 1.70. The number of nitrogens with one attached hydrogen (secondary N) is 1. The summed E-state index contributed by atoms with van der Waals surface area (Å²) < 4.78 is 30.1. The van der Waals surface area contributed by atoms with Crippen molar-refractivity contribution >= 4 is 21.6 Å². The Morgan fingerprint density at radius 3 is 2.33 bits per heavy atom. The van der Waals surface area contributed by atoms with Gasteiger partial charge >= 0.3 is 0 Å². The van der Waals surface area contributed by atoms with Crippen LogP contribution in [0.25, 0.3) is 11.3 Å². The first-order valence-corrected chi connectivity index (χ1v) is 11.6. The maximum atomic E-state index is 13.2. The van der Waals surface area contributed by atoms with E-state index < -0.39 is 15.9 Å². The van der Waals surface area contributed by atoms with Gasteiger partial charge in [0.05, 0.1) is 24.1 Å². The summed E-state index contributed by atoms with van der Waals surface area (Å²) in [5.41, 5.74) is 2.97. The normalized spacial score (nSPS) is 11.2. The van der Waals surface area contributed by atoms with E-state index in [-0.39, 0.29) is 4.90 Å². The first-order chi connectivity index (χ1) is 15.8. The second-order valence-electron chi connectivity index (χ2n) is 7.30. The minimum absolute atomic E-state index is 0.0362.